The Bertz CT molecular complexity index is 483. The number of piperidine rings is 1. The fourth-order valence-electron chi connectivity index (χ4n) is 3.43. The van der Waals surface area contributed by atoms with Crippen molar-refractivity contribution in [2.45, 2.75) is 45.1 Å². The van der Waals surface area contributed by atoms with Crippen LogP contribution < -0.4 is 4.90 Å². The lowest BCUT2D eigenvalue weighted by Gasteiger charge is -2.34. The molecule has 0 N–H and O–H groups in total. The van der Waals surface area contributed by atoms with Crippen molar-refractivity contribution < 1.29 is 4.79 Å². The summed E-state index contributed by atoms with van der Waals surface area (Å²) >= 11 is 0. The zero-order valence-corrected chi connectivity index (χ0v) is 12.2. The van der Waals surface area contributed by atoms with Crippen molar-refractivity contribution in [1.29, 1.82) is 0 Å². The summed E-state index contributed by atoms with van der Waals surface area (Å²) in [6.45, 7) is 5.26. The molecule has 2 aliphatic rings. The van der Waals surface area contributed by atoms with E-state index in [9.17, 15) is 4.79 Å². The normalized spacial score (nSPS) is 23.1. The highest BCUT2D eigenvalue weighted by Crippen LogP contribution is 2.32. The highest BCUT2D eigenvalue weighted by atomic mass is 16.1. The minimum Gasteiger partial charge on any atom is -0.357 e. The van der Waals surface area contributed by atoms with Gasteiger partial charge in [-0.25, -0.2) is 4.98 Å². The molecule has 4 nitrogen and oxygen atoms in total. The third kappa shape index (κ3) is 2.51. The number of hydrogen-bond acceptors (Lipinski definition) is 3. The number of nitrogens with zero attached hydrogens (tertiary/aromatic N) is 3. The topological polar surface area (TPSA) is 36.4 Å². The number of likely N-dealkylation sites (tertiary alicyclic amines) is 1. The molecule has 4 heteroatoms. The Morgan fingerprint density at radius 3 is 2.65 bits per heavy atom. The van der Waals surface area contributed by atoms with E-state index < -0.39 is 0 Å². The van der Waals surface area contributed by atoms with E-state index in [0.29, 0.717) is 0 Å². The fraction of sp³-hybridized carbons (Fsp3) is 0.625. The van der Waals surface area contributed by atoms with Crippen molar-refractivity contribution in [3.8, 4) is 0 Å². The van der Waals surface area contributed by atoms with Crippen LogP contribution in [0.15, 0.2) is 12.3 Å². The van der Waals surface area contributed by atoms with Crippen LogP contribution in [0.3, 0.4) is 0 Å². The summed E-state index contributed by atoms with van der Waals surface area (Å²) in [5.74, 6) is 1.09. The number of aryl methyl sites for hydroxylation is 1. The van der Waals surface area contributed by atoms with Gasteiger partial charge in [0.05, 0.1) is 6.04 Å². The van der Waals surface area contributed by atoms with Crippen LogP contribution in [0.5, 0.6) is 0 Å². The molecule has 0 spiro atoms. The smallest absolute Gasteiger partial charge is 0.210 e. The molecule has 0 aliphatic carbocycles. The Morgan fingerprint density at radius 2 is 1.95 bits per heavy atom. The van der Waals surface area contributed by atoms with Gasteiger partial charge in [-0.15, -0.1) is 0 Å². The molecule has 3 heterocycles. The summed E-state index contributed by atoms with van der Waals surface area (Å²) in [5.41, 5.74) is 2.49. The molecule has 0 aromatic carbocycles. The van der Waals surface area contributed by atoms with E-state index in [1.807, 2.05) is 11.1 Å². The molecule has 108 valence electrons. The van der Waals surface area contributed by atoms with Gasteiger partial charge < -0.3 is 9.80 Å². The van der Waals surface area contributed by atoms with Crippen LogP contribution in [0.25, 0.3) is 0 Å². The number of anilines is 1. The Balaban J connectivity index is 1.84. The maximum absolute atomic E-state index is 11.2. The van der Waals surface area contributed by atoms with E-state index in [1.165, 1.54) is 30.4 Å². The summed E-state index contributed by atoms with van der Waals surface area (Å²) in [7, 11) is 0. The Kier molecular flexibility index (Phi) is 3.90. The third-order valence-corrected chi connectivity index (χ3v) is 4.61. The van der Waals surface area contributed by atoms with Gasteiger partial charge in [-0.1, -0.05) is 0 Å². The van der Waals surface area contributed by atoms with Crippen molar-refractivity contribution >= 4 is 12.2 Å². The maximum Gasteiger partial charge on any atom is 0.210 e. The molecule has 20 heavy (non-hydrogen) atoms. The van der Waals surface area contributed by atoms with Gasteiger partial charge in [-0.05, 0) is 56.2 Å². The lowest BCUT2D eigenvalue weighted by atomic mass is 9.94. The first kappa shape index (κ1) is 13.4. The molecule has 1 amide bonds. The molecular formula is C16H23N3O. The molecule has 1 aromatic heterocycles. The van der Waals surface area contributed by atoms with E-state index >= 15 is 0 Å². The highest BCUT2D eigenvalue weighted by molar-refractivity contribution is 5.51. The predicted molar refractivity (Wildman–Crippen MR) is 79.8 cm³/mol. The van der Waals surface area contributed by atoms with Gasteiger partial charge in [0.15, 0.2) is 0 Å². The zero-order chi connectivity index (χ0) is 13.9. The fourth-order valence-corrected chi connectivity index (χ4v) is 3.43. The van der Waals surface area contributed by atoms with Crippen molar-refractivity contribution in [3.05, 3.63) is 23.4 Å². The monoisotopic (exact) mass is 273 g/mol. The van der Waals surface area contributed by atoms with Crippen LogP contribution in [0, 0.1) is 6.92 Å². The van der Waals surface area contributed by atoms with Gasteiger partial charge in [0.2, 0.25) is 6.41 Å². The van der Waals surface area contributed by atoms with Crippen LogP contribution in [0.1, 0.15) is 49.3 Å². The van der Waals surface area contributed by atoms with Crippen LogP contribution in [-0.4, -0.2) is 35.9 Å². The molecule has 2 aliphatic heterocycles. The molecule has 3 rings (SSSR count). The second-order valence-corrected chi connectivity index (χ2v) is 5.95. The number of carbonyl (C=O) groups is 1. The molecule has 0 unspecified atom stereocenters. The predicted octanol–water partition coefficient (Wildman–Crippen LogP) is 2.67. The SMILES string of the molecule is Cc1cc(N2CCCC2)ncc1[C@@H]1CCCCN1C=O. The minimum absolute atomic E-state index is 0.223. The van der Waals surface area contributed by atoms with Crippen LogP contribution >= 0.6 is 0 Å². The first-order chi connectivity index (χ1) is 9.79. The van der Waals surface area contributed by atoms with Crippen LogP contribution in [-0.2, 0) is 4.79 Å². The van der Waals surface area contributed by atoms with E-state index in [1.54, 1.807) is 0 Å². The average molecular weight is 273 g/mol. The molecule has 0 radical (unpaired) electrons. The van der Waals surface area contributed by atoms with Gasteiger partial charge in [-0.2, -0.15) is 0 Å². The summed E-state index contributed by atoms with van der Waals surface area (Å²) < 4.78 is 0. The summed E-state index contributed by atoms with van der Waals surface area (Å²) in [6, 6.07) is 2.42. The van der Waals surface area contributed by atoms with Gasteiger partial charge in [-0.3, -0.25) is 4.79 Å². The molecule has 1 atom stereocenters. The summed E-state index contributed by atoms with van der Waals surface area (Å²) in [6.07, 6.45) is 8.90. The quantitative estimate of drug-likeness (QED) is 0.794. The standard InChI is InChI=1S/C16H23N3O/c1-13-10-16(18-7-4-5-8-18)17-11-14(13)15-6-2-3-9-19(15)12-20/h10-12,15H,2-9H2,1H3/t15-/m0/s1. The van der Waals surface area contributed by atoms with Crippen molar-refractivity contribution in [3.63, 3.8) is 0 Å². The maximum atomic E-state index is 11.2. The Labute approximate surface area is 120 Å². The largest absolute Gasteiger partial charge is 0.357 e. The van der Waals surface area contributed by atoms with E-state index in [0.717, 1.165) is 44.7 Å². The van der Waals surface area contributed by atoms with Crippen LogP contribution in [0.4, 0.5) is 5.82 Å². The number of carbonyl (C=O) groups excluding carboxylic acids is 1. The molecule has 2 saturated heterocycles. The second kappa shape index (κ2) is 5.81. The van der Waals surface area contributed by atoms with Gasteiger partial charge >= 0.3 is 0 Å². The third-order valence-electron chi connectivity index (χ3n) is 4.61. The average Bonchev–Trinajstić information content (AvgIpc) is 3.01. The van der Waals surface area contributed by atoms with Crippen LogP contribution in [0.2, 0.25) is 0 Å². The number of rotatable bonds is 3. The first-order valence-electron chi connectivity index (χ1n) is 7.72. The van der Waals surface area contributed by atoms with Gasteiger partial charge in [0.25, 0.3) is 0 Å². The molecular weight excluding hydrogens is 250 g/mol. The van der Waals surface area contributed by atoms with Gasteiger partial charge in [0.1, 0.15) is 5.82 Å². The second-order valence-electron chi connectivity index (χ2n) is 5.95. The number of amides is 1. The van der Waals surface area contributed by atoms with Crippen molar-refractivity contribution in [2.24, 2.45) is 0 Å². The summed E-state index contributed by atoms with van der Waals surface area (Å²) in [4.78, 5) is 20.2. The minimum atomic E-state index is 0.223. The van der Waals surface area contributed by atoms with Crippen molar-refractivity contribution in [2.75, 3.05) is 24.5 Å². The van der Waals surface area contributed by atoms with Gasteiger partial charge in [0, 0.05) is 25.8 Å². The summed E-state index contributed by atoms with van der Waals surface area (Å²) in [5, 5.41) is 0. The highest BCUT2D eigenvalue weighted by Gasteiger charge is 2.25. The Morgan fingerprint density at radius 1 is 1.20 bits per heavy atom. The van der Waals surface area contributed by atoms with Crippen molar-refractivity contribution in [1.82, 2.24) is 9.88 Å². The lowest BCUT2D eigenvalue weighted by Crippen LogP contribution is -2.32. The molecule has 1 aromatic rings. The number of pyridine rings is 1. The van der Waals surface area contributed by atoms with E-state index in [-0.39, 0.29) is 6.04 Å². The molecule has 0 bridgehead atoms. The first-order valence-corrected chi connectivity index (χ1v) is 7.72. The lowest BCUT2D eigenvalue weighted by molar-refractivity contribution is -0.121. The van der Waals surface area contributed by atoms with E-state index in [2.05, 4.69) is 22.9 Å². The van der Waals surface area contributed by atoms with E-state index in [4.69, 9.17) is 0 Å². The zero-order valence-electron chi connectivity index (χ0n) is 12.2. The molecule has 2 fully saturated rings. The Hall–Kier alpha value is -1.58. The number of aromatic nitrogens is 1. The molecule has 0 saturated carbocycles. The number of hydrogen-bond donors (Lipinski definition) is 0.